The van der Waals surface area contributed by atoms with Gasteiger partial charge in [0.25, 0.3) is 0 Å². The van der Waals surface area contributed by atoms with E-state index in [2.05, 4.69) is 9.98 Å². The maximum absolute atomic E-state index is 10.0. The fourth-order valence-corrected chi connectivity index (χ4v) is 1.75. The highest BCUT2D eigenvalue weighted by molar-refractivity contribution is 6.41. The molecule has 1 aromatic rings. The Balaban J connectivity index is 0.000000853. The molecular formula is C11H9ClN2O. The second-order valence-electron chi connectivity index (χ2n) is 3.32. The fourth-order valence-electron chi connectivity index (χ4n) is 1.75. The van der Waals surface area contributed by atoms with Gasteiger partial charge in [-0.15, -0.1) is 12.4 Å². The first kappa shape index (κ1) is 10.1. The van der Waals surface area contributed by atoms with Gasteiger partial charge < -0.3 is 5.11 Å². The third-order valence-electron chi connectivity index (χ3n) is 2.47. The maximum Gasteiger partial charge on any atom is 0.110 e. The van der Waals surface area contributed by atoms with E-state index in [1.165, 1.54) is 0 Å². The van der Waals surface area contributed by atoms with E-state index >= 15 is 0 Å². The Hall–Kier alpha value is -1.45. The van der Waals surface area contributed by atoms with Crippen LogP contribution in [0.25, 0.3) is 0 Å². The number of aliphatic imine (C=N–C) groups is 2. The number of fused-ring (bicyclic) bond motifs is 2. The Bertz CT molecular complexity index is 491. The van der Waals surface area contributed by atoms with Crippen molar-refractivity contribution in [1.29, 1.82) is 0 Å². The SMILES string of the molecule is Cl.OC1C2=CN=CC2=Nc2ccccc21. The summed E-state index contributed by atoms with van der Waals surface area (Å²) < 4.78 is 0. The predicted molar refractivity (Wildman–Crippen MR) is 62.3 cm³/mol. The number of nitrogens with zero attached hydrogens (tertiary/aromatic N) is 2. The summed E-state index contributed by atoms with van der Waals surface area (Å²) in [6, 6.07) is 7.60. The number of hydrogen-bond donors (Lipinski definition) is 1. The van der Waals surface area contributed by atoms with Crippen molar-refractivity contribution in [2.75, 3.05) is 0 Å². The number of halogens is 1. The molecule has 0 saturated carbocycles. The fraction of sp³-hybridized carbons (Fsp3) is 0.0909. The summed E-state index contributed by atoms with van der Waals surface area (Å²) >= 11 is 0. The summed E-state index contributed by atoms with van der Waals surface area (Å²) in [7, 11) is 0. The zero-order valence-electron chi connectivity index (χ0n) is 7.79. The highest BCUT2D eigenvalue weighted by Gasteiger charge is 2.26. The number of benzene rings is 1. The molecule has 1 aromatic carbocycles. The molecule has 0 aromatic heterocycles. The Morgan fingerprint density at radius 1 is 1.20 bits per heavy atom. The normalized spacial score (nSPS) is 21.0. The van der Waals surface area contributed by atoms with E-state index in [-0.39, 0.29) is 12.4 Å². The molecule has 0 fully saturated rings. The van der Waals surface area contributed by atoms with Gasteiger partial charge in [0.05, 0.1) is 17.6 Å². The van der Waals surface area contributed by atoms with Crippen LogP contribution >= 0.6 is 12.4 Å². The molecule has 0 amide bonds. The summed E-state index contributed by atoms with van der Waals surface area (Å²) in [5.74, 6) is 0. The summed E-state index contributed by atoms with van der Waals surface area (Å²) in [6.45, 7) is 0. The van der Waals surface area contributed by atoms with Gasteiger partial charge in [-0.3, -0.25) is 4.99 Å². The average molecular weight is 221 g/mol. The molecule has 0 radical (unpaired) electrons. The summed E-state index contributed by atoms with van der Waals surface area (Å²) in [4.78, 5) is 8.38. The van der Waals surface area contributed by atoms with Gasteiger partial charge in [-0.25, -0.2) is 4.99 Å². The van der Waals surface area contributed by atoms with E-state index < -0.39 is 6.10 Å². The first-order valence-electron chi connectivity index (χ1n) is 4.45. The summed E-state index contributed by atoms with van der Waals surface area (Å²) in [6.07, 6.45) is 2.76. The van der Waals surface area contributed by atoms with E-state index in [4.69, 9.17) is 0 Å². The lowest BCUT2D eigenvalue weighted by atomic mass is 9.95. The van der Waals surface area contributed by atoms with Crippen molar-refractivity contribution in [2.45, 2.75) is 6.10 Å². The minimum absolute atomic E-state index is 0. The van der Waals surface area contributed by atoms with Crippen LogP contribution in [0, 0.1) is 0 Å². The molecule has 76 valence electrons. The lowest BCUT2D eigenvalue weighted by Gasteiger charge is -2.19. The molecule has 1 atom stereocenters. The average Bonchev–Trinajstić information content (AvgIpc) is 2.66. The molecule has 15 heavy (non-hydrogen) atoms. The smallest absolute Gasteiger partial charge is 0.110 e. The molecule has 0 spiro atoms. The third-order valence-corrected chi connectivity index (χ3v) is 2.47. The van der Waals surface area contributed by atoms with Gasteiger partial charge in [0.15, 0.2) is 0 Å². The van der Waals surface area contributed by atoms with Gasteiger partial charge in [-0.2, -0.15) is 0 Å². The minimum Gasteiger partial charge on any atom is -0.383 e. The molecule has 0 aliphatic carbocycles. The van der Waals surface area contributed by atoms with Crippen LogP contribution in [0.4, 0.5) is 5.69 Å². The number of para-hydroxylation sites is 1. The molecule has 4 heteroatoms. The Kier molecular flexibility index (Phi) is 2.42. The molecule has 0 bridgehead atoms. The van der Waals surface area contributed by atoms with E-state index in [0.717, 1.165) is 22.5 Å². The van der Waals surface area contributed by atoms with Crippen LogP contribution in [0.1, 0.15) is 11.7 Å². The molecule has 2 heterocycles. The Labute approximate surface area is 93.3 Å². The largest absolute Gasteiger partial charge is 0.383 e. The zero-order valence-corrected chi connectivity index (χ0v) is 8.61. The van der Waals surface area contributed by atoms with Crippen molar-refractivity contribution in [3.05, 3.63) is 41.6 Å². The number of aliphatic hydroxyl groups is 1. The molecule has 2 aliphatic rings. The first-order chi connectivity index (χ1) is 6.86. The zero-order chi connectivity index (χ0) is 9.54. The van der Waals surface area contributed by atoms with Crippen LogP contribution in [-0.2, 0) is 0 Å². The van der Waals surface area contributed by atoms with Crippen molar-refractivity contribution in [1.82, 2.24) is 0 Å². The van der Waals surface area contributed by atoms with Crippen LogP contribution in [0.2, 0.25) is 0 Å². The Morgan fingerprint density at radius 3 is 2.87 bits per heavy atom. The highest BCUT2D eigenvalue weighted by Crippen LogP contribution is 2.36. The number of aliphatic hydroxyl groups excluding tert-OH is 1. The summed E-state index contributed by atoms with van der Waals surface area (Å²) in [5, 5.41) is 10.0. The van der Waals surface area contributed by atoms with Crippen LogP contribution in [0.3, 0.4) is 0 Å². The monoisotopic (exact) mass is 220 g/mol. The lowest BCUT2D eigenvalue weighted by molar-refractivity contribution is 0.222. The van der Waals surface area contributed by atoms with E-state index in [0.29, 0.717) is 0 Å². The standard InChI is InChI=1S/C11H8N2O.ClH/c14-11-7-3-1-2-4-9(7)13-10-6-12-5-8(10)11;/h1-6,11,14H;1H. The van der Waals surface area contributed by atoms with Crippen molar-refractivity contribution in [2.24, 2.45) is 9.98 Å². The first-order valence-corrected chi connectivity index (χ1v) is 4.45. The van der Waals surface area contributed by atoms with Crippen molar-refractivity contribution in [3.63, 3.8) is 0 Å². The number of rotatable bonds is 0. The second kappa shape index (κ2) is 3.61. The van der Waals surface area contributed by atoms with E-state index in [1.54, 1.807) is 12.4 Å². The molecule has 0 saturated heterocycles. The molecule has 1 N–H and O–H groups in total. The van der Waals surface area contributed by atoms with Crippen molar-refractivity contribution in [3.8, 4) is 0 Å². The van der Waals surface area contributed by atoms with Gasteiger partial charge in [0, 0.05) is 17.3 Å². The van der Waals surface area contributed by atoms with Crippen LogP contribution in [0.5, 0.6) is 0 Å². The molecule has 2 aliphatic heterocycles. The van der Waals surface area contributed by atoms with E-state index in [1.807, 2.05) is 24.3 Å². The van der Waals surface area contributed by atoms with Gasteiger partial charge >= 0.3 is 0 Å². The van der Waals surface area contributed by atoms with Crippen LogP contribution in [-0.4, -0.2) is 17.0 Å². The number of hydrogen-bond acceptors (Lipinski definition) is 3. The van der Waals surface area contributed by atoms with Gasteiger partial charge in [-0.1, -0.05) is 18.2 Å². The lowest BCUT2D eigenvalue weighted by Crippen LogP contribution is -2.14. The van der Waals surface area contributed by atoms with Gasteiger partial charge in [0.1, 0.15) is 6.10 Å². The van der Waals surface area contributed by atoms with Crippen molar-refractivity contribution >= 4 is 30.0 Å². The maximum atomic E-state index is 10.0. The molecule has 1 unspecified atom stereocenters. The van der Waals surface area contributed by atoms with Gasteiger partial charge in [-0.05, 0) is 6.07 Å². The Morgan fingerprint density at radius 2 is 2.00 bits per heavy atom. The van der Waals surface area contributed by atoms with Gasteiger partial charge in [0.2, 0.25) is 0 Å². The highest BCUT2D eigenvalue weighted by atomic mass is 35.5. The quantitative estimate of drug-likeness (QED) is 0.716. The predicted octanol–water partition coefficient (Wildman–Crippen LogP) is 2.20. The van der Waals surface area contributed by atoms with E-state index in [9.17, 15) is 5.11 Å². The molecule has 3 nitrogen and oxygen atoms in total. The third kappa shape index (κ3) is 1.40. The topological polar surface area (TPSA) is 45.0 Å². The van der Waals surface area contributed by atoms with Crippen LogP contribution in [0.15, 0.2) is 46.0 Å². The minimum atomic E-state index is -0.582. The molecular weight excluding hydrogens is 212 g/mol. The van der Waals surface area contributed by atoms with Crippen LogP contribution < -0.4 is 0 Å². The molecule has 3 rings (SSSR count). The summed E-state index contributed by atoms with van der Waals surface area (Å²) in [5.41, 5.74) is 3.26. The van der Waals surface area contributed by atoms with Crippen molar-refractivity contribution < 1.29 is 5.11 Å². The second-order valence-corrected chi connectivity index (χ2v) is 3.32.